The molecule has 0 bridgehead atoms. The first kappa shape index (κ1) is 28.5. The number of hydrogen-bond acceptors (Lipinski definition) is 2. The Balaban J connectivity index is 1.45. The molecule has 0 aromatic heterocycles. The highest BCUT2D eigenvalue weighted by molar-refractivity contribution is 5.66. The van der Waals surface area contributed by atoms with Crippen molar-refractivity contribution in [2.45, 2.75) is 104 Å². The van der Waals surface area contributed by atoms with Crippen LogP contribution < -0.4 is 9.47 Å². The summed E-state index contributed by atoms with van der Waals surface area (Å²) in [6, 6.07) is 10.4. The molecule has 2 aromatic rings. The summed E-state index contributed by atoms with van der Waals surface area (Å²) in [6.07, 6.45) is 17.2. The molecule has 0 heterocycles. The number of ether oxygens (including phenoxy) is 2. The topological polar surface area (TPSA) is 18.5 Å². The molecule has 0 unspecified atom stereocenters. The quantitative estimate of drug-likeness (QED) is 0.213. The molecular weight excluding hydrogens is 454 g/mol. The molecule has 1 fully saturated rings. The molecule has 0 amide bonds. The fraction of sp³-hybridized carbons (Fsp3) is 0.625. The van der Waals surface area contributed by atoms with Gasteiger partial charge in [-0.2, -0.15) is 4.39 Å². The van der Waals surface area contributed by atoms with Crippen LogP contribution in [-0.4, -0.2) is 13.2 Å². The van der Waals surface area contributed by atoms with Gasteiger partial charge in [-0.3, -0.25) is 0 Å². The maximum Gasteiger partial charge on any atom is 0.201 e. The van der Waals surface area contributed by atoms with E-state index in [1.807, 2.05) is 12.1 Å². The molecule has 0 N–H and O–H groups in total. The number of rotatable bonds is 16. The van der Waals surface area contributed by atoms with Crippen LogP contribution in [-0.2, 0) is 0 Å². The molecule has 0 radical (unpaired) electrons. The molecule has 1 aliphatic rings. The normalized spacial score (nSPS) is 17.8. The summed E-state index contributed by atoms with van der Waals surface area (Å²) in [4.78, 5) is 0. The smallest absolute Gasteiger partial charge is 0.201 e. The van der Waals surface area contributed by atoms with Gasteiger partial charge in [0.05, 0.1) is 13.2 Å². The summed E-state index contributed by atoms with van der Waals surface area (Å²) in [5.41, 5.74) is 0.876. The van der Waals surface area contributed by atoms with E-state index in [0.717, 1.165) is 30.9 Å². The van der Waals surface area contributed by atoms with Gasteiger partial charge in [-0.05, 0) is 60.9 Å². The molecule has 2 aromatic carbocycles. The van der Waals surface area contributed by atoms with Gasteiger partial charge in [-0.25, -0.2) is 4.39 Å². The van der Waals surface area contributed by atoms with Gasteiger partial charge in [-0.1, -0.05) is 96.6 Å². The number of benzene rings is 2. The average Bonchev–Trinajstić information content (AvgIpc) is 2.90. The van der Waals surface area contributed by atoms with E-state index < -0.39 is 11.6 Å². The van der Waals surface area contributed by atoms with Crippen molar-refractivity contribution in [1.29, 1.82) is 0 Å². The predicted molar refractivity (Wildman–Crippen MR) is 146 cm³/mol. The third-order valence-corrected chi connectivity index (χ3v) is 7.64. The molecule has 4 heteroatoms. The summed E-state index contributed by atoms with van der Waals surface area (Å²) in [5, 5.41) is 0. The molecule has 0 atom stereocenters. The molecular formula is C32H46F2O2. The van der Waals surface area contributed by atoms with E-state index in [1.165, 1.54) is 70.6 Å². The molecule has 2 nitrogen and oxygen atoms in total. The fourth-order valence-corrected chi connectivity index (χ4v) is 5.25. The zero-order valence-corrected chi connectivity index (χ0v) is 22.5. The van der Waals surface area contributed by atoms with E-state index in [0.29, 0.717) is 24.7 Å². The van der Waals surface area contributed by atoms with Gasteiger partial charge in [0.25, 0.3) is 0 Å². The highest BCUT2D eigenvalue weighted by Gasteiger charge is 2.22. The van der Waals surface area contributed by atoms with Gasteiger partial charge in [-0.15, -0.1) is 0 Å². The van der Waals surface area contributed by atoms with Crippen LogP contribution in [0.25, 0.3) is 11.1 Å². The van der Waals surface area contributed by atoms with Crippen molar-refractivity contribution in [3.05, 3.63) is 48.0 Å². The van der Waals surface area contributed by atoms with Crippen LogP contribution in [0.4, 0.5) is 8.78 Å². The summed E-state index contributed by atoms with van der Waals surface area (Å²) in [7, 11) is 0. The first-order valence-corrected chi connectivity index (χ1v) is 14.5. The van der Waals surface area contributed by atoms with E-state index in [9.17, 15) is 8.78 Å². The van der Waals surface area contributed by atoms with Crippen LogP contribution in [0.1, 0.15) is 104 Å². The van der Waals surface area contributed by atoms with Crippen molar-refractivity contribution < 1.29 is 18.3 Å². The van der Waals surface area contributed by atoms with Crippen molar-refractivity contribution in [2.75, 3.05) is 13.2 Å². The van der Waals surface area contributed by atoms with Crippen molar-refractivity contribution in [1.82, 2.24) is 0 Å². The highest BCUT2D eigenvalue weighted by atomic mass is 19.2. The Morgan fingerprint density at radius 1 is 0.667 bits per heavy atom. The molecule has 1 saturated carbocycles. The number of halogens is 2. The Kier molecular flexibility index (Phi) is 12.6. The second-order valence-corrected chi connectivity index (χ2v) is 10.6. The molecule has 1 aliphatic carbocycles. The van der Waals surface area contributed by atoms with Crippen LogP contribution in [0.3, 0.4) is 0 Å². The SMILES string of the molecule is CCCCCCCCOc1ccc(-c2ccc(OCC3CCC(CCCCC)CC3)c(F)c2F)cc1. The zero-order chi connectivity index (χ0) is 25.6. The van der Waals surface area contributed by atoms with Gasteiger partial charge in [0.2, 0.25) is 5.82 Å². The first-order chi connectivity index (χ1) is 17.6. The molecule has 200 valence electrons. The highest BCUT2D eigenvalue weighted by Crippen LogP contribution is 2.34. The van der Waals surface area contributed by atoms with Gasteiger partial charge in [0, 0.05) is 5.56 Å². The van der Waals surface area contributed by atoms with Crippen LogP contribution in [0, 0.1) is 23.5 Å². The van der Waals surface area contributed by atoms with Gasteiger partial charge in [0.1, 0.15) is 5.75 Å². The third-order valence-electron chi connectivity index (χ3n) is 7.64. The predicted octanol–water partition coefficient (Wildman–Crippen LogP) is 10.1. The number of hydrogen-bond donors (Lipinski definition) is 0. The fourth-order valence-electron chi connectivity index (χ4n) is 5.25. The minimum atomic E-state index is -0.899. The Morgan fingerprint density at radius 2 is 1.31 bits per heavy atom. The molecule has 0 saturated heterocycles. The summed E-state index contributed by atoms with van der Waals surface area (Å²) >= 11 is 0. The van der Waals surface area contributed by atoms with E-state index >= 15 is 0 Å². The van der Waals surface area contributed by atoms with Crippen LogP contribution in [0.5, 0.6) is 11.5 Å². The Labute approximate surface area is 217 Å². The lowest BCUT2D eigenvalue weighted by molar-refractivity contribution is 0.172. The molecule has 0 spiro atoms. The Hall–Kier alpha value is -2.10. The maximum absolute atomic E-state index is 14.9. The average molecular weight is 501 g/mol. The minimum Gasteiger partial charge on any atom is -0.494 e. The van der Waals surface area contributed by atoms with Crippen LogP contribution in [0.15, 0.2) is 36.4 Å². The van der Waals surface area contributed by atoms with Gasteiger partial charge in [0.15, 0.2) is 11.6 Å². The van der Waals surface area contributed by atoms with E-state index in [1.54, 1.807) is 24.3 Å². The molecule has 36 heavy (non-hydrogen) atoms. The van der Waals surface area contributed by atoms with Crippen LogP contribution in [0.2, 0.25) is 0 Å². The lowest BCUT2D eigenvalue weighted by Crippen LogP contribution is -2.20. The zero-order valence-electron chi connectivity index (χ0n) is 22.5. The van der Waals surface area contributed by atoms with E-state index in [4.69, 9.17) is 9.47 Å². The maximum atomic E-state index is 14.9. The standard InChI is InChI=1S/C32H46F2O2/c1-3-5-7-8-9-11-23-35-28-19-17-27(18-20-28)29-21-22-30(32(34)31(29)33)36-24-26-15-13-25(14-16-26)12-10-6-4-2/h17-22,25-26H,3-16,23-24H2,1-2H3. The minimum absolute atomic E-state index is 0.0141. The largest absolute Gasteiger partial charge is 0.494 e. The lowest BCUT2D eigenvalue weighted by atomic mass is 9.80. The first-order valence-electron chi connectivity index (χ1n) is 14.5. The summed E-state index contributed by atoms with van der Waals surface area (Å²) < 4.78 is 41.3. The summed E-state index contributed by atoms with van der Waals surface area (Å²) in [6.45, 7) is 5.60. The number of unbranched alkanes of at least 4 members (excludes halogenated alkanes) is 7. The van der Waals surface area contributed by atoms with Crippen molar-refractivity contribution in [3.63, 3.8) is 0 Å². The van der Waals surface area contributed by atoms with Gasteiger partial charge < -0.3 is 9.47 Å². The van der Waals surface area contributed by atoms with Crippen molar-refractivity contribution >= 4 is 0 Å². The van der Waals surface area contributed by atoms with Crippen molar-refractivity contribution in [2.24, 2.45) is 11.8 Å². The molecule has 0 aliphatic heterocycles. The van der Waals surface area contributed by atoms with Crippen LogP contribution >= 0.6 is 0 Å². The second kappa shape index (κ2) is 15.9. The lowest BCUT2D eigenvalue weighted by Gasteiger charge is -2.28. The third kappa shape index (κ3) is 9.09. The Morgan fingerprint density at radius 3 is 2.03 bits per heavy atom. The summed E-state index contributed by atoms with van der Waals surface area (Å²) in [5.74, 6) is 0.275. The second-order valence-electron chi connectivity index (χ2n) is 10.6. The van der Waals surface area contributed by atoms with Crippen molar-refractivity contribution in [3.8, 4) is 22.6 Å². The monoisotopic (exact) mass is 500 g/mol. The van der Waals surface area contributed by atoms with E-state index in [-0.39, 0.29) is 11.3 Å². The van der Waals surface area contributed by atoms with E-state index in [2.05, 4.69) is 13.8 Å². The molecule has 3 rings (SSSR count). The van der Waals surface area contributed by atoms with Gasteiger partial charge >= 0.3 is 0 Å². The Bertz CT molecular complexity index is 872.